The lowest BCUT2D eigenvalue weighted by Gasteiger charge is -2.27. The monoisotopic (exact) mass is 179 g/mol. The Kier molecular flexibility index (Phi) is 6.87. The van der Waals surface area contributed by atoms with Crippen LogP contribution in [0.4, 0.5) is 0 Å². The van der Waals surface area contributed by atoms with Crippen LogP contribution in [-0.4, -0.2) is 30.0 Å². The highest BCUT2D eigenvalue weighted by Crippen LogP contribution is 2.09. The zero-order valence-electron chi connectivity index (χ0n) is 7.55. The zero-order valence-corrected chi connectivity index (χ0v) is 8.30. The van der Waals surface area contributed by atoms with E-state index >= 15 is 0 Å². The molecule has 0 rings (SSSR count). The van der Waals surface area contributed by atoms with Crippen LogP contribution in [0.25, 0.3) is 0 Å². The van der Waals surface area contributed by atoms with Gasteiger partial charge in [0.1, 0.15) is 6.04 Å². The summed E-state index contributed by atoms with van der Waals surface area (Å²) in [4.78, 5) is 0. The largest absolute Gasteiger partial charge is 1.00 e. The summed E-state index contributed by atoms with van der Waals surface area (Å²) in [6, 6.07) is 0.171. The second kappa shape index (κ2) is 5.58. The molecule has 1 atom stereocenters. The number of rotatable bonds is 4. The minimum atomic E-state index is -0.00264. The highest BCUT2D eigenvalue weighted by Gasteiger charge is 2.21. The van der Waals surface area contributed by atoms with E-state index in [1.165, 1.54) is 0 Å². The van der Waals surface area contributed by atoms with E-state index in [0.717, 1.165) is 12.8 Å². The molecule has 2 nitrogen and oxygen atoms in total. The molecule has 1 N–H and O–H groups in total. The summed E-state index contributed by atoms with van der Waals surface area (Å²) in [7, 11) is 3.53. The molecule has 11 heavy (non-hydrogen) atoms. The van der Waals surface area contributed by atoms with Crippen LogP contribution >= 0.6 is 0 Å². The van der Waals surface area contributed by atoms with Crippen molar-refractivity contribution in [3.05, 3.63) is 12.7 Å². The Bertz CT molecular complexity index is 109. The number of hydroxylamine groups is 3. The smallest absolute Gasteiger partial charge is 0.137 e. The second-order valence-electron chi connectivity index (χ2n) is 3.07. The Morgan fingerprint density at radius 2 is 2.00 bits per heavy atom. The van der Waals surface area contributed by atoms with E-state index in [0.29, 0.717) is 0 Å². The first kappa shape index (κ1) is 13.5. The van der Waals surface area contributed by atoms with Gasteiger partial charge < -0.3 is 12.4 Å². The zero-order chi connectivity index (χ0) is 8.20. The maximum Gasteiger partial charge on any atom is 0.137 e. The lowest BCUT2D eigenvalue weighted by molar-refractivity contribution is -1.09. The molecule has 0 saturated carbocycles. The van der Waals surface area contributed by atoms with Crippen molar-refractivity contribution >= 4 is 0 Å². The van der Waals surface area contributed by atoms with E-state index in [4.69, 9.17) is 0 Å². The van der Waals surface area contributed by atoms with Crippen LogP contribution in [-0.2, 0) is 0 Å². The van der Waals surface area contributed by atoms with Crippen LogP contribution in [0.1, 0.15) is 19.8 Å². The fraction of sp³-hybridized carbons (Fsp3) is 0.750. The topological polar surface area (TPSA) is 20.2 Å². The first-order valence-electron chi connectivity index (χ1n) is 3.71. The van der Waals surface area contributed by atoms with Gasteiger partial charge in [0.2, 0.25) is 0 Å². The molecular formula is C8H18ClNO. The second-order valence-corrected chi connectivity index (χ2v) is 3.07. The van der Waals surface area contributed by atoms with Gasteiger partial charge in [-0.2, -0.15) is 4.65 Å². The number of likely N-dealkylation sites (N-methyl/N-ethyl adjacent to an activating group) is 1. The molecule has 0 spiro atoms. The van der Waals surface area contributed by atoms with Crippen molar-refractivity contribution in [3.8, 4) is 0 Å². The summed E-state index contributed by atoms with van der Waals surface area (Å²) >= 11 is 0. The lowest BCUT2D eigenvalue weighted by Crippen LogP contribution is -3.00. The van der Waals surface area contributed by atoms with Crippen molar-refractivity contribution in [3.63, 3.8) is 0 Å². The molecule has 1 unspecified atom stereocenters. The van der Waals surface area contributed by atoms with Gasteiger partial charge in [0.15, 0.2) is 0 Å². The van der Waals surface area contributed by atoms with Crippen molar-refractivity contribution in [2.75, 3.05) is 14.1 Å². The normalized spacial score (nSPS) is 13.5. The molecule has 3 heteroatoms. The number of hydrogen-bond donors (Lipinski definition) is 1. The van der Waals surface area contributed by atoms with Gasteiger partial charge in [-0.3, -0.25) is 0 Å². The van der Waals surface area contributed by atoms with Gasteiger partial charge in [-0.25, -0.2) is 5.21 Å². The summed E-state index contributed by atoms with van der Waals surface area (Å²) in [6.45, 7) is 5.77. The van der Waals surface area contributed by atoms with Crippen molar-refractivity contribution in [1.82, 2.24) is 0 Å². The molecule has 0 aromatic carbocycles. The summed E-state index contributed by atoms with van der Waals surface area (Å²) in [6.07, 6.45) is 3.88. The van der Waals surface area contributed by atoms with Gasteiger partial charge in [-0.15, -0.1) is 0 Å². The maximum absolute atomic E-state index is 9.47. The van der Waals surface area contributed by atoms with Gasteiger partial charge in [-0.05, 0) is 6.08 Å². The number of halogens is 1. The highest BCUT2D eigenvalue weighted by molar-refractivity contribution is 4.78. The maximum atomic E-state index is 9.47. The van der Waals surface area contributed by atoms with E-state index in [2.05, 4.69) is 13.5 Å². The SMILES string of the molecule is C=CC(CCC)[N+](C)(C)O.[Cl-]. The minimum absolute atomic E-state index is 0. The standard InChI is InChI=1S/C8H18NO.ClH/c1-5-7-8(6-2)9(3,4)10;/h6,8,10H,2,5,7H2,1,3-4H3;1H/q+1;/p-1. The molecule has 0 aromatic rings. The van der Waals surface area contributed by atoms with Crippen LogP contribution in [0, 0.1) is 0 Å². The first-order chi connectivity index (χ1) is 4.52. The summed E-state index contributed by atoms with van der Waals surface area (Å²) in [5.41, 5.74) is 0. The molecule has 0 fully saturated rings. The summed E-state index contributed by atoms with van der Waals surface area (Å²) in [5, 5.41) is 9.47. The van der Waals surface area contributed by atoms with Crippen molar-refractivity contribution in [1.29, 1.82) is 0 Å². The Hall–Kier alpha value is -0.0500. The molecule has 0 aliphatic heterocycles. The highest BCUT2D eigenvalue weighted by atomic mass is 35.5. The molecule has 0 aliphatic rings. The first-order valence-corrected chi connectivity index (χ1v) is 3.71. The van der Waals surface area contributed by atoms with Crippen LogP contribution < -0.4 is 12.4 Å². The Labute approximate surface area is 75.5 Å². The minimum Gasteiger partial charge on any atom is -1.00 e. The van der Waals surface area contributed by atoms with E-state index < -0.39 is 0 Å². The predicted molar refractivity (Wildman–Crippen MR) is 42.8 cm³/mol. The third kappa shape index (κ3) is 5.24. The van der Waals surface area contributed by atoms with Crippen molar-refractivity contribution < 1.29 is 22.3 Å². The fourth-order valence-corrected chi connectivity index (χ4v) is 0.988. The average molecular weight is 180 g/mol. The molecule has 0 radical (unpaired) electrons. The third-order valence-electron chi connectivity index (χ3n) is 1.67. The summed E-state index contributed by atoms with van der Waals surface area (Å²) < 4.78 is -0.00264. The molecule has 68 valence electrons. The number of nitrogens with zero attached hydrogens (tertiary/aromatic N) is 1. The quantitative estimate of drug-likeness (QED) is 0.327. The van der Waals surface area contributed by atoms with Crippen molar-refractivity contribution in [2.45, 2.75) is 25.8 Å². The molecule has 0 aliphatic carbocycles. The fourth-order valence-electron chi connectivity index (χ4n) is 0.988. The molecule has 0 saturated heterocycles. The van der Waals surface area contributed by atoms with Crippen LogP contribution in [0.15, 0.2) is 12.7 Å². The molecule has 0 bridgehead atoms. The number of quaternary nitrogens is 1. The van der Waals surface area contributed by atoms with E-state index in [9.17, 15) is 5.21 Å². The van der Waals surface area contributed by atoms with Crippen LogP contribution in [0.3, 0.4) is 0 Å². The predicted octanol–water partition coefficient (Wildman–Crippen LogP) is -1.19. The lowest BCUT2D eigenvalue weighted by atomic mass is 10.1. The molecule has 0 aromatic heterocycles. The molecule has 0 heterocycles. The van der Waals surface area contributed by atoms with E-state index in [1.54, 1.807) is 14.1 Å². The third-order valence-corrected chi connectivity index (χ3v) is 1.67. The summed E-state index contributed by atoms with van der Waals surface area (Å²) in [5.74, 6) is 0. The van der Waals surface area contributed by atoms with Gasteiger partial charge in [0.25, 0.3) is 0 Å². The van der Waals surface area contributed by atoms with Gasteiger partial charge in [-0.1, -0.05) is 19.9 Å². The van der Waals surface area contributed by atoms with Gasteiger partial charge >= 0.3 is 0 Å². The van der Waals surface area contributed by atoms with Crippen molar-refractivity contribution in [2.24, 2.45) is 0 Å². The van der Waals surface area contributed by atoms with E-state index in [1.807, 2.05) is 6.08 Å². The average Bonchev–Trinajstić information content (AvgIpc) is 1.80. The van der Waals surface area contributed by atoms with E-state index in [-0.39, 0.29) is 23.1 Å². The Morgan fingerprint density at radius 1 is 1.55 bits per heavy atom. The van der Waals surface area contributed by atoms with Gasteiger partial charge in [0, 0.05) is 6.42 Å². The number of hydrogen-bond acceptors (Lipinski definition) is 1. The Morgan fingerprint density at radius 3 is 2.09 bits per heavy atom. The molecule has 0 amide bonds. The van der Waals surface area contributed by atoms with Gasteiger partial charge in [0.05, 0.1) is 14.1 Å². The van der Waals surface area contributed by atoms with Crippen LogP contribution in [0.2, 0.25) is 0 Å². The van der Waals surface area contributed by atoms with Crippen LogP contribution in [0.5, 0.6) is 0 Å². The Balaban J connectivity index is 0. The molecular weight excluding hydrogens is 162 g/mol.